The summed E-state index contributed by atoms with van der Waals surface area (Å²) in [5.41, 5.74) is 1.37. The fraction of sp³-hybridized carbons (Fsp3) is 0.500. The maximum absolute atomic E-state index is 4.21. The second-order valence-electron chi connectivity index (χ2n) is 4.47. The van der Waals surface area contributed by atoms with Crippen LogP contribution in [0.25, 0.3) is 0 Å². The third kappa shape index (κ3) is 3.23. The Morgan fingerprint density at radius 3 is 2.83 bits per heavy atom. The van der Waals surface area contributed by atoms with Crippen LogP contribution in [-0.4, -0.2) is 20.9 Å². The van der Waals surface area contributed by atoms with Crippen molar-refractivity contribution in [2.75, 3.05) is 6.54 Å². The van der Waals surface area contributed by atoms with E-state index in [0.717, 1.165) is 26.1 Å². The maximum atomic E-state index is 4.21. The van der Waals surface area contributed by atoms with Gasteiger partial charge in [-0.15, -0.1) is 0 Å². The highest BCUT2D eigenvalue weighted by Crippen LogP contribution is 2.16. The molecule has 2 rings (SSSR count). The first-order chi connectivity index (χ1) is 8.83. The van der Waals surface area contributed by atoms with Crippen molar-refractivity contribution in [1.82, 2.24) is 19.7 Å². The average Bonchev–Trinajstić information content (AvgIpc) is 3.04. The summed E-state index contributed by atoms with van der Waals surface area (Å²) >= 11 is 0. The number of nitrogens with one attached hydrogen (secondary N) is 1. The van der Waals surface area contributed by atoms with Crippen molar-refractivity contribution < 1.29 is 0 Å². The molecule has 18 heavy (non-hydrogen) atoms. The molecular weight excluding hydrogens is 224 g/mol. The second-order valence-corrected chi connectivity index (χ2v) is 4.47. The standard InChI is InChI=1S/C14H22N4/c1-3-14(15-4-2)13-6-9-17(12-13)10-11-18-8-5-7-16-18/h5-9,12,14-15H,3-4,10-11H2,1-2H3. The summed E-state index contributed by atoms with van der Waals surface area (Å²) in [4.78, 5) is 0. The molecule has 2 aromatic rings. The van der Waals surface area contributed by atoms with Crippen LogP contribution in [0.5, 0.6) is 0 Å². The Balaban J connectivity index is 1.92. The molecule has 0 spiro atoms. The van der Waals surface area contributed by atoms with E-state index in [9.17, 15) is 0 Å². The molecule has 2 heterocycles. The monoisotopic (exact) mass is 246 g/mol. The fourth-order valence-corrected chi connectivity index (χ4v) is 2.20. The van der Waals surface area contributed by atoms with Crippen molar-refractivity contribution in [3.8, 4) is 0 Å². The van der Waals surface area contributed by atoms with E-state index < -0.39 is 0 Å². The van der Waals surface area contributed by atoms with Crippen molar-refractivity contribution in [2.45, 2.75) is 39.4 Å². The van der Waals surface area contributed by atoms with E-state index in [1.807, 2.05) is 23.1 Å². The summed E-state index contributed by atoms with van der Waals surface area (Å²) < 4.78 is 4.19. The molecule has 98 valence electrons. The largest absolute Gasteiger partial charge is 0.352 e. The minimum atomic E-state index is 0.473. The van der Waals surface area contributed by atoms with Gasteiger partial charge in [-0.25, -0.2) is 0 Å². The van der Waals surface area contributed by atoms with E-state index in [2.05, 4.69) is 47.3 Å². The lowest BCUT2D eigenvalue weighted by Crippen LogP contribution is -2.19. The Morgan fingerprint density at radius 2 is 2.17 bits per heavy atom. The van der Waals surface area contributed by atoms with E-state index in [1.165, 1.54) is 5.56 Å². The molecule has 0 saturated heterocycles. The molecule has 1 N–H and O–H groups in total. The zero-order valence-electron chi connectivity index (χ0n) is 11.2. The van der Waals surface area contributed by atoms with E-state index in [-0.39, 0.29) is 0 Å². The van der Waals surface area contributed by atoms with Gasteiger partial charge in [0, 0.05) is 37.4 Å². The first-order valence-electron chi connectivity index (χ1n) is 6.70. The van der Waals surface area contributed by atoms with Gasteiger partial charge in [-0.2, -0.15) is 5.10 Å². The summed E-state index contributed by atoms with van der Waals surface area (Å²) in [6.07, 6.45) is 9.33. The van der Waals surface area contributed by atoms with Crippen molar-refractivity contribution in [3.05, 3.63) is 42.5 Å². The predicted octanol–water partition coefficient (Wildman–Crippen LogP) is 2.45. The molecule has 4 nitrogen and oxygen atoms in total. The Morgan fingerprint density at radius 1 is 1.28 bits per heavy atom. The minimum absolute atomic E-state index is 0.473. The van der Waals surface area contributed by atoms with Crippen LogP contribution in [0.3, 0.4) is 0 Å². The third-order valence-electron chi connectivity index (χ3n) is 3.18. The summed E-state index contributed by atoms with van der Waals surface area (Å²) in [5.74, 6) is 0. The van der Waals surface area contributed by atoms with Crippen molar-refractivity contribution in [2.24, 2.45) is 0 Å². The normalized spacial score (nSPS) is 12.8. The van der Waals surface area contributed by atoms with Crippen molar-refractivity contribution in [3.63, 3.8) is 0 Å². The molecule has 0 fully saturated rings. The van der Waals surface area contributed by atoms with Crippen LogP contribution in [0.1, 0.15) is 31.9 Å². The molecule has 1 atom stereocenters. The van der Waals surface area contributed by atoms with Gasteiger partial charge in [-0.1, -0.05) is 13.8 Å². The molecule has 0 aliphatic rings. The van der Waals surface area contributed by atoms with Gasteiger partial charge in [-0.3, -0.25) is 4.68 Å². The Hall–Kier alpha value is -1.55. The summed E-state index contributed by atoms with van der Waals surface area (Å²) in [5, 5.41) is 7.71. The lowest BCUT2D eigenvalue weighted by molar-refractivity contribution is 0.522. The molecule has 0 amide bonds. The van der Waals surface area contributed by atoms with E-state index in [1.54, 1.807) is 0 Å². The average molecular weight is 246 g/mol. The Bertz CT molecular complexity index is 444. The van der Waals surface area contributed by atoms with E-state index >= 15 is 0 Å². The van der Waals surface area contributed by atoms with Gasteiger partial charge in [0.2, 0.25) is 0 Å². The van der Waals surface area contributed by atoms with Gasteiger partial charge < -0.3 is 9.88 Å². The fourth-order valence-electron chi connectivity index (χ4n) is 2.20. The minimum Gasteiger partial charge on any atom is -0.352 e. The smallest absolute Gasteiger partial charge is 0.0588 e. The number of rotatable bonds is 7. The highest BCUT2D eigenvalue weighted by Gasteiger charge is 2.08. The number of aromatic nitrogens is 3. The Labute approximate surface area is 109 Å². The van der Waals surface area contributed by atoms with Gasteiger partial charge in [0.05, 0.1) is 6.54 Å². The van der Waals surface area contributed by atoms with Gasteiger partial charge >= 0.3 is 0 Å². The van der Waals surface area contributed by atoms with Crippen LogP contribution < -0.4 is 5.32 Å². The first kappa shape index (κ1) is 12.9. The first-order valence-corrected chi connectivity index (χ1v) is 6.70. The van der Waals surface area contributed by atoms with Gasteiger partial charge in [0.1, 0.15) is 0 Å². The van der Waals surface area contributed by atoms with Crippen molar-refractivity contribution in [1.29, 1.82) is 0 Å². The van der Waals surface area contributed by atoms with Crippen LogP contribution in [0, 0.1) is 0 Å². The van der Waals surface area contributed by atoms with Gasteiger partial charge in [0.15, 0.2) is 0 Å². The predicted molar refractivity (Wildman–Crippen MR) is 73.4 cm³/mol. The van der Waals surface area contributed by atoms with Crippen molar-refractivity contribution >= 4 is 0 Å². The van der Waals surface area contributed by atoms with Crippen LogP contribution >= 0.6 is 0 Å². The lowest BCUT2D eigenvalue weighted by atomic mass is 10.1. The number of hydrogen-bond donors (Lipinski definition) is 1. The summed E-state index contributed by atoms with van der Waals surface area (Å²) in [7, 11) is 0. The van der Waals surface area contributed by atoms with E-state index in [4.69, 9.17) is 0 Å². The molecular formula is C14H22N4. The van der Waals surface area contributed by atoms with Crippen LogP contribution in [0.15, 0.2) is 36.9 Å². The molecule has 0 aliphatic heterocycles. The molecule has 1 unspecified atom stereocenters. The van der Waals surface area contributed by atoms with Crippen LogP contribution in [0.2, 0.25) is 0 Å². The SMILES string of the molecule is CCNC(CC)c1ccn(CCn2cccn2)c1. The quantitative estimate of drug-likeness (QED) is 0.814. The highest BCUT2D eigenvalue weighted by atomic mass is 15.3. The number of aryl methyl sites for hydroxylation is 2. The van der Waals surface area contributed by atoms with Gasteiger partial charge in [-0.05, 0) is 30.7 Å². The molecule has 2 aromatic heterocycles. The second kappa shape index (κ2) is 6.40. The summed E-state index contributed by atoms with van der Waals surface area (Å²) in [6.45, 7) is 7.26. The number of nitrogens with zero attached hydrogens (tertiary/aromatic N) is 3. The number of hydrogen-bond acceptors (Lipinski definition) is 2. The zero-order valence-corrected chi connectivity index (χ0v) is 11.2. The molecule has 0 bridgehead atoms. The third-order valence-corrected chi connectivity index (χ3v) is 3.18. The molecule has 0 aliphatic carbocycles. The molecule has 0 radical (unpaired) electrons. The molecule has 0 aromatic carbocycles. The summed E-state index contributed by atoms with van der Waals surface area (Å²) in [6, 6.07) is 4.64. The van der Waals surface area contributed by atoms with E-state index in [0.29, 0.717) is 6.04 Å². The Kier molecular flexibility index (Phi) is 4.59. The highest BCUT2D eigenvalue weighted by molar-refractivity contribution is 5.15. The molecule has 4 heteroatoms. The zero-order chi connectivity index (χ0) is 12.8. The van der Waals surface area contributed by atoms with Gasteiger partial charge in [0.25, 0.3) is 0 Å². The molecule has 0 saturated carbocycles. The maximum Gasteiger partial charge on any atom is 0.0588 e. The van der Waals surface area contributed by atoms with Crippen LogP contribution in [0.4, 0.5) is 0 Å². The lowest BCUT2D eigenvalue weighted by Gasteiger charge is -2.14. The van der Waals surface area contributed by atoms with Crippen LogP contribution in [-0.2, 0) is 13.1 Å². The topological polar surface area (TPSA) is 34.8 Å².